The van der Waals surface area contributed by atoms with Gasteiger partial charge in [-0.3, -0.25) is 14.3 Å². The molecule has 0 aliphatic carbocycles. The fourth-order valence-electron chi connectivity index (χ4n) is 3.80. The van der Waals surface area contributed by atoms with Crippen molar-refractivity contribution in [3.05, 3.63) is 107 Å². The molecule has 152 valence electrons. The molecule has 1 aliphatic rings. The monoisotopic (exact) mass is 419 g/mol. The van der Waals surface area contributed by atoms with Crippen LogP contribution in [0.25, 0.3) is 0 Å². The maximum Gasteiger partial charge on any atom is 0.242 e. The molecule has 3 aromatic carbocycles. The summed E-state index contributed by atoms with van der Waals surface area (Å²) in [5, 5.41) is -0.866. The van der Waals surface area contributed by atoms with E-state index in [0.29, 0.717) is 17.5 Å². The first kappa shape index (κ1) is 20.0. The van der Waals surface area contributed by atoms with Crippen molar-refractivity contribution in [1.82, 2.24) is 4.72 Å². The van der Waals surface area contributed by atoms with Gasteiger partial charge in [0.15, 0.2) is 5.78 Å². The smallest absolute Gasteiger partial charge is 0.242 e. The predicted molar refractivity (Wildman–Crippen MR) is 115 cm³/mol. The fourth-order valence-corrected chi connectivity index (χ4v) is 5.23. The topological polar surface area (TPSA) is 80.3 Å². The number of sulfonamides is 1. The molecule has 1 aliphatic heterocycles. The molecule has 4 rings (SSSR count). The summed E-state index contributed by atoms with van der Waals surface area (Å²) in [6.07, 6.45) is 0.424. The number of benzene rings is 3. The first-order valence-corrected chi connectivity index (χ1v) is 11.3. The van der Waals surface area contributed by atoms with Crippen molar-refractivity contribution in [3.8, 4) is 0 Å². The molecule has 2 unspecified atom stereocenters. The fraction of sp³-hybridized carbons (Fsp3) is 0.167. The van der Waals surface area contributed by atoms with Gasteiger partial charge in [-0.15, -0.1) is 0 Å². The van der Waals surface area contributed by atoms with Gasteiger partial charge in [-0.25, -0.2) is 8.42 Å². The van der Waals surface area contributed by atoms with E-state index in [0.717, 1.165) is 11.1 Å². The molecule has 1 amide bonds. The van der Waals surface area contributed by atoms with Crippen LogP contribution in [0.15, 0.2) is 84.9 Å². The number of rotatable bonds is 6. The molecule has 3 aromatic rings. The van der Waals surface area contributed by atoms with Crippen LogP contribution in [-0.4, -0.2) is 20.1 Å². The van der Waals surface area contributed by atoms with Crippen LogP contribution in [-0.2, 0) is 21.2 Å². The number of amides is 1. The van der Waals surface area contributed by atoms with Gasteiger partial charge in [0.2, 0.25) is 15.9 Å². The summed E-state index contributed by atoms with van der Waals surface area (Å²) < 4.78 is 26.2. The number of ketones is 1. The number of carbonyl (C=O) groups is 2. The van der Waals surface area contributed by atoms with Crippen molar-refractivity contribution in [2.24, 2.45) is 0 Å². The second-order valence-corrected chi connectivity index (χ2v) is 9.27. The summed E-state index contributed by atoms with van der Waals surface area (Å²) in [6, 6.07) is 26.0. The van der Waals surface area contributed by atoms with Gasteiger partial charge in [-0.1, -0.05) is 84.9 Å². The van der Waals surface area contributed by atoms with Gasteiger partial charge in [0.05, 0.1) is 12.3 Å². The Balaban J connectivity index is 1.61. The van der Waals surface area contributed by atoms with Crippen LogP contribution in [0.1, 0.15) is 44.6 Å². The standard InChI is InChI=1S/C24H21NO4S/c26-23-16-22(30(28,29)25-23)19-13-11-17(12-14-19)15-21(18-7-3-1-4-8-18)24(27)20-9-5-2-6-10-20/h1-14,21-22H,15-16H2,(H,25,26). The van der Waals surface area contributed by atoms with E-state index >= 15 is 0 Å². The number of hydrogen-bond acceptors (Lipinski definition) is 4. The first-order valence-electron chi connectivity index (χ1n) is 9.71. The molecule has 1 fully saturated rings. The summed E-state index contributed by atoms with van der Waals surface area (Å²) in [5.41, 5.74) is 3.09. The van der Waals surface area contributed by atoms with E-state index in [9.17, 15) is 18.0 Å². The van der Waals surface area contributed by atoms with Crippen molar-refractivity contribution >= 4 is 21.7 Å². The highest BCUT2D eigenvalue weighted by Gasteiger charge is 2.37. The second-order valence-electron chi connectivity index (χ2n) is 7.40. The minimum Gasteiger partial charge on any atom is -0.293 e. The molecule has 0 spiro atoms. The largest absolute Gasteiger partial charge is 0.293 e. The number of hydrogen-bond donors (Lipinski definition) is 1. The van der Waals surface area contributed by atoms with Gasteiger partial charge in [-0.05, 0) is 23.1 Å². The minimum absolute atomic E-state index is 0.0408. The third kappa shape index (κ3) is 4.19. The van der Waals surface area contributed by atoms with Crippen molar-refractivity contribution in [2.45, 2.75) is 24.0 Å². The van der Waals surface area contributed by atoms with Crippen LogP contribution in [0.2, 0.25) is 0 Å². The molecule has 30 heavy (non-hydrogen) atoms. The molecule has 0 radical (unpaired) electrons. The van der Waals surface area contributed by atoms with Gasteiger partial charge in [0.1, 0.15) is 5.25 Å². The molecule has 1 N–H and O–H groups in total. The summed E-state index contributed by atoms with van der Waals surface area (Å²) in [4.78, 5) is 24.7. The molecule has 0 bridgehead atoms. The lowest BCUT2D eigenvalue weighted by atomic mass is 9.85. The van der Waals surface area contributed by atoms with E-state index in [4.69, 9.17) is 0 Å². The van der Waals surface area contributed by atoms with Gasteiger partial charge in [0, 0.05) is 5.56 Å². The number of carbonyl (C=O) groups excluding carboxylic acids is 2. The van der Waals surface area contributed by atoms with Gasteiger partial charge < -0.3 is 0 Å². The highest BCUT2D eigenvalue weighted by atomic mass is 32.2. The highest BCUT2D eigenvalue weighted by Crippen LogP contribution is 2.31. The second kappa shape index (κ2) is 8.24. The summed E-state index contributed by atoms with van der Waals surface area (Å²) >= 11 is 0. The molecule has 5 nitrogen and oxygen atoms in total. The molecular formula is C24H21NO4S. The van der Waals surface area contributed by atoms with Crippen molar-refractivity contribution in [2.75, 3.05) is 0 Å². The third-order valence-electron chi connectivity index (χ3n) is 5.37. The van der Waals surface area contributed by atoms with Crippen LogP contribution in [0.3, 0.4) is 0 Å². The van der Waals surface area contributed by atoms with Crippen molar-refractivity contribution in [3.63, 3.8) is 0 Å². The van der Waals surface area contributed by atoms with Crippen LogP contribution >= 0.6 is 0 Å². The van der Waals surface area contributed by atoms with E-state index in [2.05, 4.69) is 0 Å². The van der Waals surface area contributed by atoms with E-state index < -0.39 is 21.2 Å². The zero-order chi connectivity index (χ0) is 21.1. The zero-order valence-corrected chi connectivity index (χ0v) is 17.0. The van der Waals surface area contributed by atoms with Gasteiger partial charge in [-0.2, -0.15) is 0 Å². The lowest BCUT2D eigenvalue weighted by Crippen LogP contribution is -2.21. The Hall–Kier alpha value is -3.25. The molecule has 6 heteroatoms. The lowest BCUT2D eigenvalue weighted by molar-refractivity contribution is -0.118. The molecule has 0 saturated carbocycles. The van der Waals surface area contributed by atoms with E-state index in [1.807, 2.05) is 77.5 Å². The van der Waals surface area contributed by atoms with E-state index in [1.54, 1.807) is 12.1 Å². The summed E-state index contributed by atoms with van der Waals surface area (Å²) in [6.45, 7) is 0. The van der Waals surface area contributed by atoms with Crippen LogP contribution in [0, 0.1) is 0 Å². The number of Topliss-reactive ketones (excluding diaryl/α,β-unsaturated/α-hetero) is 1. The molecule has 1 heterocycles. The molecule has 2 atom stereocenters. The SMILES string of the molecule is O=C1CC(c2ccc(CC(C(=O)c3ccccc3)c3ccccc3)cc2)S(=O)(=O)N1. The van der Waals surface area contributed by atoms with E-state index in [-0.39, 0.29) is 18.1 Å². The Bertz CT molecular complexity index is 1160. The summed E-state index contributed by atoms with van der Waals surface area (Å²) in [7, 11) is -3.67. The molecule has 0 aromatic heterocycles. The quantitative estimate of drug-likeness (QED) is 0.617. The number of nitrogens with one attached hydrogen (secondary N) is 1. The Morgan fingerprint density at radius 3 is 2.07 bits per heavy atom. The maximum absolute atomic E-state index is 13.2. The summed E-state index contributed by atoms with van der Waals surface area (Å²) in [5.74, 6) is -0.793. The Morgan fingerprint density at radius 2 is 1.50 bits per heavy atom. The van der Waals surface area contributed by atoms with Crippen molar-refractivity contribution in [1.29, 1.82) is 0 Å². The third-order valence-corrected chi connectivity index (χ3v) is 7.07. The highest BCUT2D eigenvalue weighted by molar-refractivity contribution is 7.90. The Kier molecular flexibility index (Phi) is 5.50. The Morgan fingerprint density at radius 1 is 0.900 bits per heavy atom. The van der Waals surface area contributed by atoms with Crippen LogP contribution in [0.4, 0.5) is 0 Å². The van der Waals surface area contributed by atoms with Crippen LogP contribution in [0.5, 0.6) is 0 Å². The minimum atomic E-state index is -3.67. The molecular weight excluding hydrogens is 398 g/mol. The average Bonchev–Trinajstić information content (AvgIpc) is 3.05. The van der Waals surface area contributed by atoms with E-state index in [1.165, 1.54) is 0 Å². The maximum atomic E-state index is 13.2. The zero-order valence-electron chi connectivity index (χ0n) is 16.2. The predicted octanol–water partition coefficient (Wildman–Crippen LogP) is 3.79. The Labute approximate surface area is 175 Å². The first-order chi connectivity index (χ1) is 14.4. The lowest BCUT2D eigenvalue weighted by Gasteiger charge is -2.17. The van der Waals surface area contributed by atoms with Crippen molar-refractivity contribution < 1.29 is 18.0 Å². The van der Waals surface area contributed by atoms with Gasteiger partial charge in [0.25, 0.3) is 0 Å². The average molecular weight is 420 g/mol. The normalized spacial score (nSPS) is 18.5. The van der Waals surface area contributed by atoms with Crippen LogP contribution < -0.4 is 4.72 Å². The molecule has 1 saturated heterocycles. The van der Waals surface area contributed by atoms with Gasteiger partial charge >= 0.3 is 0 Å².